The number of carbonyl (C=O) groups excluding carboxylic acids is 2. The number of hydrogen-bond donors (Lipinski definition) is 0. The molecule has 0 aliphatic carbocycles. The topological polar surface area (TPSA) is 52.6 Å². The lowest BCUT2D eigenvalue weighted by Crippen LogP contribution is -2.15. The molecule has 2 rings (SSSR count). The van der Waals surface area contributed by atoms with E-state index in [1.807, 2.05) is 12.1 Å². The molecule has 0 saturated heterocycles. The summed E-state index contributed by atoms with van der Waals surface area (Å²) in [6, 6.07) is 13.9. The van der Waals surface area contributed by atoms with Gasteiger partial charge in [0.25, 0.3) is 0 Å². The molecule has 27 heavy (non-hydrogen) atoms. The molecule has 0 bridgehead atoms. The molecular formula is C22H25ClO4. The summed E-state index contributed by atoms with van der Waals surface area (Å²) >= 11 is 5.86. The molecule has 0 heterocycles. The van der Waals surface area contributed by atoms with Crippen molar-refractivity contribution >= 4 is 23.5 Å². The van der Waals surface area contributed by atoms with Gasteiger partial charge < -0.3 is 9.47 Å². The maximum Gasteiger partial charge on any atom is 0.339 e. The standard InChI is InChI=1S/C22H25ClO4/c1-2-3-4-7-15-26-21(24)19-8-5-6-9-20(19)22(25)27-16-14-17-10-12-18(23)13-11-17/h5-6,8-13H,2-4,7,14-16H2,1H3. The van der Waals surface area contributed by atoms with Crippen LogP contribution in [0.15, 0.2) is 48.5 Å². The second-order valence-electron chi connectivity index (χ2n) is 6.25. The number of rotatable bonds is 10. The zero-order chi connectivity index (χ0) is 19.5. The molecule has 0 unspecified atom stereocenters. The fourth-order valence-corrected chi connectivity index (χ4v) is 2.73. The SMILES string of the molecule is CCCCCCOC(=O)c1ccccc1C(=O)OCCc1ccc(Cl)cc1. The van der Waals surface area contributed by atoms with E-state index in [0.717, 1.165) is 31.2 Å². The van der Waals surface area contributed by atoms with E-state index in [1.165, 1.54) is 0 Å². The van der Waals surface area contributed by atoms with Gasteiger partial charge in [-0.1, -0.05) is 62.1 Å². The Kier molecular flexibility index (Phi) is 8.85. The van der Waals surface area contributed by atoms with E-state index in [-0.39, 0.29) is 17.7 Å². The van der Waals surface area contributed by atoms with E-state index >= 15 is 0 Å². The number of halogens is 1. The van der Waals surface area contributed by atoms with Crippen LogP contribution in [0.3, 0.4) is 0 Å². The maximum absolute atomic E-state index is 12.4. The van der Waals surface area contributed by atoms with Gasteiger partial charge in [-0.15, -0.1) is 0 Å². The largest absolute Gasteiger partial charge is 0.462 e. The summed E-state index contributed by atoms with van der Waals surface area (Å²) in [4.78, 5) is 24.7. The zero-order valence-electron chi connectivity index (χ0n) is 15.6. The minimum Gasteiger partial charge on any atom is -0.462 e. The summed E-state index contributed by atoms with van der Waals surface area (Å²) in [5.74, 6) is -1.01. The number of hydrogen-bond acceptors (Lipinski definition) is 4. The second kappa shape index (κ2) is 11.4. The Labute approximate surface area is 165 Å². The van der Waals surface area contributed by atoms with Gasteiger partial charge in [-0.2, -0.15) is 0 Å². The Balaban J connectivity index is 1.88. The van der Waals surface area contributed by atoms with Crippen molar-refractivity contribution in [3.63, 3.8) is 0 Å². The van der Waals surface area contributed by atoms with Gasteiger partial charge >= 0.3 is 11.9 Å². The molecule has 0 N–H and O–H groups in total. The molecule has 4 nitrogen and oxygen atoms in total. The zero-order valence-corrected chi connectivity index (χ0v) is 16.3. The van der Waals surface area contributed by atoms with E-state index in [1.54, 1.807) is 36.4 Å². The number of unbranched alkanes of at least 4 members (excludes halogenated alkanes) is 3. The van der Waals surface area contributed by atoms with Gasteiger partial charge in [0, 0.05) is 11.4 Å². The number of ether oxygens (including phenoxy) is 2. The average molecular weight is 389 g/mol. The van der Waals surface area contributed by atoms with Crippen LogP contribution in [0.1, 0.15) is 58.9 Å². The van der Waals surface area contributed by atoms with Crippen LogP contribution in [-0.4, -0.2) is 25.2 Å². The summed E-state index contributed by atoms with van der Waals surface area (Å²) < 4.78 is 10.6. The van der Waals surface area contributed by atoms with Gasteiger partial charge in [-0.25, -0.2) is 9.59 Å². The summed E-state index contributed by atoms with van der Waals surface area (Å²) in [7, 11) is 0. The quantitative estimate of drug-likeness (QED) is 0.399. The molecule has 0 amide bonds. The first-order valence-corrected chi connectivity index (χ1v) is 9.67. The Morgan fingerprint density at radius 2 is 1.41 bits per heavy atom. The summed E-state index contributed by atoms with van der Waals surface area (Å²) in [5.41, 5.74) is 1.49. The molecule has 0 fully saturated rings. The smallest absolute Gasteiger partial charge is 0.339 e. The van der Waals surface area contributed by atoms with Crippen molar-refractivity contribution in [2.75, 3.05) is 13.2 Å². The molecule has 2 aromatic rings. The summed E-state index contributed by atoms with van der Waals surface area (Å²) in [5, 5.41) is 0.665. The molecule has 0 radical (unpaired) electrons. The highest BCUT2D eigenvalue weighted by Crippen LogP contribution is 2.14. The Morgan fingerprint density at radius 1 is 0.815 bits per heavy atom. The second-order valence-corrected chi connectivity index (χ2v) is 6.69. The van der Waals surface area contributed by atoms with E-state index in [2.05, 4.69) is 6.92 Å². The van der Waals surface area contributed by atoms with Crippen LogP contribution in [0, 0.1) is 0 Å². The first-order valence-electron chi connectivity index (χ1n) is 9.29. The first-order chi connectivity index (χ1) is 13.1. The predicted molar refractivity (Wildman–Crippen MR) is 106 cm³/mol. The van der Waals surface area contributed by atoms with Crippen LogP contribution in [0.4, 0.5) is 0 Å². The molecule has 5 heteroatoms. The molecule has 0 atom stereocenters. The van der Waals surface area contributed by atoms with Gasteiger partial charge in [0.2, 0.25) is 0 Å². The van der Waals surface area contributed by atoms with Crippen LogP contribution < -0.4 is 0 Å². The van der Waals surface area contributed by atoms with Crippen LogP contribution >= 0.6 is 11.6 Å². The fraction of sp³-hybridized carbons (Fsp3) is 0.364. The lowest BCUT2D eigenvalue weighted by molar-refractivity contribution is 0.0456. The Morgan fingerprint density at radius 3 is 2.00 bits per heavy atom. The molecule has 2 aromatic carbocycles. The first kappa shape index (κ1) is 21.0. The van der Waals surface area contributed by atoms with Crippen LogP contribution in [0.2, 0.25) is 5.02 Å². The van der Waals surface area contributed by atoms with Gasteiger partial charge in [-0.05, 0) is 36.2 Å². The van der Waals surface area contributed by atoms with Crippen molar-refractivity contribution in [2.24, 2.45) is 0 Å². The lowest BCUT2D eigenvalue weighted by Gasteiger charge is -2.10. The Bertz CT molecular complexity index is 740. The lowest BCUT2D eigenvalue weighted by atomic mass is 10.1. The third kappa shape index (κ3) is 7.06. The highest BCUT2D eigenvalue weighted by molar-refractivity contribution is 6.30. The third-order valence-corrected chi connectivity index (χ3v) is 4.39. The molecule has 0 spiro atoms. The molecule has 144 valence electrons. The predicted octanol–water partition coefficient (Wildman–Crippen LogP) is 5.48. The van der Waals surface area contributed by atoms with E-state index in [9.17, 15) is 9.59 Å². The van der Waals surface area contributed by atoms with Crippen molar-refractivity contribution in [3.05, 3.63) is 70.2 Å². The maximum atomic E-state index is 12.4. The number of carbonyl (C=O) groups is 2. The molecule has 0 aliphatic rings. The van der Waals surface area contributed by atoms with Crippen molar-refractivity contribution in [2.45, 2.75) is 39.0 Å². The minimum absolute atomic E-state index is 0.223. The fourth-order valence-electron chi connectivity index (χ4n) is 2.60. The average Bonchev–Trinajstić information content (AvgIpc) is 2.69. The molecular weight excluding hydrogens is 364 g/mol. The van der Waals surface area contributed by atoms with Crippen molar-refractivity contribution < 1.29 is 19.1 Å². The normalized spacial score (nSPS) is 10.4. The van der Waals surface area contributed by atoms with Crippen LogP contribution in [0.5, 0.6) is 0 Å². The summed E-state index contributed by atoms with van der Waals surface area (Å²) in [6.45, 7) is 2.71. The van der Waals surface area contributed by atoms with Crippen LogP contribution in [-0.2, 0) is 15.9 Å². The highest BCUT2D eigenvalue weighted by atomic mass is 35.5. The van der Waals surface area contributed by atoms with Gasteiger partial charge in [-0.3, -0.25) is 0 Å². The van der Waals surface area contributed by atoms with Gasteiger partial charge in [0.15, 0.2) is 0 Å². The molecule has 0 saturated carbocycles. The number of esters is 2. The summed E-state index contributed by atoms with van der Waals surface area (Å²) in [6.07, 6.45) is 4.67. The van der Waals surface area contributed by atoms with Crippen molar-refractivity contribution in [1.82, 2.24) is 0 Å². The third-order valence-electron chi connectivity index (χ3n) is 4.14. The highest BCUT2D eigenvalue weighted by Gasteiger charge is 2.18. The molecule has 0 aliphatic heterocycles. The van der Waals surface area contributed by atoms with E-state index in [0.29, 0.717) is 18.1 Å². The van der Waals surface area contributed by atoms with E-state index < -0.39 is 11.9 Å². The van der Waals surface area contributed by atoms with Gasteiger partial charge in [0.05, 0.1) is 24.3 Å². The Hall–Kier alpha value is -2.33. The number of benzene rings is 2. The van der Waals surface area contributed by atoms with E-state index in [4.69, 9.17) is 21.1 Å². The van der Waals surface area contributed by atoms with Crippen molar-refractivity contribution in [1.29, 1.82) is 0 Å². The monoisotopic (exact) mass is 388 g/mol. The van der Waals surface area contributed by atoms with Crippen molar-refractivity contribution in [3.8, 4) is 0 Å². The minimum atomic E-state index is -0.525. The van der Waals surface area contributed by atoms with Gasteiger partial charge in [0.1, 0.15) is 0 Å². The van der Waals surface area contributed by atoms with Crippen LogP contribution in [0.25, 0.3) is 0 Å². The molecule has 0 aromatic heterocycles.